The van der Waals surface area contributed by atoms with Gasteiger partial charge < -0.3 is 15.3 Å². The van der Waals surface area contributed by atoms with E-state index in [4.69, 9.17) is 5.11 Å². The summed E-state index contributed by atoms with van der Waals surface area (Å²) >= 11 is 0. The van der Waals surface area contributed by atoms with Crippen LogP contribution < -0.4 is 5.32 Å². The number of nitrogens with zero attached hydrogens (tertiary/aromatic N) is 2. The second kappa shape index (κ2) is 7.22. The smallest absolute Gasteiger partial charge is 0.342 e. The highest BCUT2D eigenvalue weighted by atomic mass is 16.6. The molecule has 0 aliphatic carbocycles. The predicted molar refractivity (Wildman–Crippen MR) is 76.5 cm³/mol. The summed E-state index contributed by atoms with van der Waals surface area (Å²) in [6.45, 7) is 4.86. The van der Waals surface area contributed by atoms with Crippen LogP contribution in [0.2, 0.25) is 0 Å². The number of aromatic carboxylic acids is 1. The molecule has 8 heteroatoms. The lowest BCUT2D eigenvalue weighted by Gasteiger charge is -2.19. The van der Waals surface area contributed by atoms with Crippen molar-refractivity contribution in [2.24, 2.45) is 0 Å². The number of anilines is 1. The number of nitro benzene ring substituents is 1. The van der Waals surface area contributed by atoms with E-state index >= 15 is 0 Å². The van der Waals surface area contributed by atoms with E-state index in [1.165, 1.54) is 6.07 Å². The molecule has 0 fully saturated rings. The molecule has 0 saturated carbocycles. The molecule has 0 aliphatic heterocycles. The number of carbonyl (C=O) groups is 2. The Balaban J connectivity index is 2.86. The first kappa shape index (κ1) is 16.4. The van der Waals surface area contributed by atoms with Crippen molar-refractivity contribution in [3.63, 3.8) is 0 Å². The number of carbonyl (C=O) groups excluding carboxylic acids is 1. The fourth-order valence-electron chi connectivity index (χ4n) is 1.84. The zero-order chi connectivity index (χ0) is 16.0. The van der Waals surface area contributed by atoms with Gasteiger partial charge in [-0.3, -0.25) is 14.9 Å². The molecular formula is C13H17N3O5. The summed E-state index contributed by atoms with van der Waals surface area (Å²) in [4.78, 5) is 34.4. The van der Waals surface area contributed by atoms with Crippen LogP contribution in [0.15, 0.2) is 18.2 Å². The monoisotopic (exact) mass is 295 g/mol. The Hall–Kier alpha value is -2.64. The van der Waals surface area contributed by atoms with Crippen LogP contribution in [0, 0.1) is 10.1 Å². The largest absolute Gasteiger partial charge is 0.477 e. The summed E-state index contributed by atoms with van der Waals surface area (Å²) in [5, 5.41) is 22.5. The molecular weight excluding hydrogens is 278 g/mol. The molecule has 0 radical (unpaired) electrons. The van der Waals surface area contributed by atoms with Gasteiger partial charge in [-0.25, -0.2) is 4.79 Å². The molecule has 1 rings (SSSR count). The van der Waals surface area contributed by atoms with Crippen molar-refractivity contribution in [1.29, 1.82) is 0 Å². The minimum atomic E-state index is -1.37. The van der Waals surface area contributed by atoms with Crippen LogP contribution in [-0.2, 0) is 4.79 Å². The van der Waals surface area contributed by atoms with Crippen molar-refractivity contribution in [3.05, 3.63) is 33.9 Å². The summed E-state index contributed by atoms with van der Waals surface area (Å²) in [6.07, 6.45) is 0. The number of hydrogen-bond donors (Lipinski definition) is 2. The van der Waals surface area contributed by atoms with Crippen LogP contribution in [0.5, 0.6) is 0 Å². The second-order valence-corrected chi connectivity index (χ2v) is 4.21. The standard InChI is InChI=1S/C13H17N3O5/c1-3-15(4-2)12(17)8-14-9-5-6-10(13(18)19)11(7-9)16(20)21/h5-7,14H,3-4,8H2,1-2H3,(H,18,19). The van der Waals surface area contributed by atoms with Crippen LogP contribution in [0.25, 0.3) is 0 Å². The van der Waals surface area contributed by atoms with E-state index in [9.17, 15) is 19.7 Å². The number of carboxylic acid groups (broad SMARTS) is 1. The number of carboxylic acids is 1. The zero-order valence-electron chi connectivity index (χ0n) is 11.8. The fraction of sp³-hybridized carbons (Fsp3) is 0.385. The Morgan fingerprint density at radius 1 is 1.33 bits per heavy atom. The fourth-order valence-corrected chi connectivity index (χ4v) is 1.84. The summed E-state index contributed by atoms with van der Waals surface area (Å²) in [5.74, 6) is -1.50. The maximum absolute atomic E-state index is 11.8. The van der Waals surface area contributed by atoms with Gasteiger partial charge in [-0.05, 0) is 26.0 Å². The highest BCUT2D eigenvalue weighted by Gasteiger charge is 2.20. The molecule has 0 heterocycles. The molecule has 0 atom stereocenters. The van der Waals surface area contributed by atoms with Gasteiger partial charge in [-0.1, -0.05) is 0 Å². The first-order valence-corrected chi connectivity index (χ1v) is 6.44. The Morgan fingerprint density at radius 3 is 2.43 bits per heavy atom. The molecule has 21 heavy (non-hydrogen) atoms. The van der Waals surface area contributed by atoms with Gasteiger partial charge in [0.05, 0.1) is 11.5 Å². The van der Waals surface area contributed by atoms with E-state index < -0.39 is 16.6 Å². The molecule has 1 amide bonds. The van der Waals surface area contributed by atoms with Crippen LogP contribution in [0.1, 0.15) is 24.2 Å². The highest BCUT2D eigenvalue weighted by molar-refractivity contribution is 5.93. The van der Waals surface area contributed by atoms with Crippen molar-refractivity contribution < 1.29 is 19.6 Å². The third kappa shape index (κ3) is 4.16. The molecule has 8 nitrogen and oxygen atoms in total. The van der Waals surface area contributed by atoms with Crippen molar-refractivity contribution >= 4 is 23.3 Å². The van der Waals surface area contributed by atoms with Crippen molar-refractivity contribution in [2.75, 3.05) is 25.0 Å². The number of nitrogens with one attached hydrogen (secondary N) is 1. The van der Waals surface area contributed by atoms with E-state index in [1.54, 1.807) is 4.90 Å². The molecule has 2 N–H and O–H groups in total. The third-order valence-corrected chi connectivity index (χ3v) is 2.98. The normalized spacial score (nSPS) is 10.0. The van der Waals surface area contributed by atoms with Crippen molar-refractivity contribution in [1.82, 2.24) is 4.90 Å². The Bertz CT molecular complexity index is 555. The Morgan fingerprint density at radius 2 is 1.95 bits per heavy atom. The zero-order valence-corrected chi connectivity index (χ0v) is 11.8. The molecule has 0 saturated heterocycles. The van der Waals surface area contributed by atoms with E-state index in [2.05, 4.69) is 5.32 Å². The summed E-state index contributed by atoms with van der Waals surface area (Å²) in [6, 6.07) is 3.65. The lowest BCUT2D eigenvalue weighted by Crippen LogP contribution is -2.35. The predicted octanol–water partition coefficient (Wildman–Crippen LogP) is 1.57. The molecule has 0 unspecified atom stereocenters. The van der Waals surface area contributed by atoms with E-state index in [1.807, 2.05) is 13.8 Å². The first-order chi connectivity index (χ1) is 9.90. The number of benzene rings is 1. The van der Waals surface area contributed by atoms with E-state index in [-0.39, 0.29) is 18.0 Å². The van der Waals surface area contributed by atoms with E-state index in [0.717, 1.165) is 12.1 Å². The lowest BCUT2D eigenvalue weighted by molar-refractivity contribution is -0.385. The molecule has 0 bridgehead atoms. The average Bonchev–Trinajstić information content (AvgIpc) is 2.45. The molecule has 0 spiro atoms. The van der Waals surface area contributed by atoms with Crippen molar-refractivity contribution in [3.8, 4) is 0 Å². The van der Waals surface area contributed by atoms with Gasteiger partial charge in [0, 0.05) is 24.8 Å². The van der Waals surface area contributed by atoms with Crippen LogP contribution in [0.4, 0.5) is 11.4 Å². The third-order valence-electron chi connectivity index (χ3n) is 2.98. The van der Waals surface area contributed by atoms with Crippen molar-refractivity contribution in [2.45, 2.75) is 13.8 Å². The van der Waals surface area contributed by atoms with Gasteiger partial charge in [0.1, 0.15) is 5.56 Å². The molecule has 1 aromatic carbocycles. The van der Waals surface area contributed by atoms with Gasteiger partial charge in [-0.15, -0.1) is 0 Å². The molecule has 0 aromatic heterocycles. The van der Waals surface area contributed by atoms with Gasteiger partial charge in [0.2, 0.25) is 5.91 Å². The Kier molecular flexibility index (Phi) is 5.65. The molecule has 0 aliphatic rings. The summed E-state index contributed by atoms with van der Waals surface area (Å²) < 4.78 is 0. The van der Waals surface area contributed by atoms with Gasteiger partial charge >= 0.3 is 5.97 Å². The summed E-state index contributed by atoms with van der Waals surface area (Å²) in [7, 11) is 0. The number of likely N-dealkylation sites (N-methyl/N-ethyl adjacent to an activating group) is 1. The Labute approximate surface area is 121 Å². The highest BCUT2D eigenvalue weighted by Crippen LogP contribution is 2.23. The summed E-state index contributed by atoms with van der Waals surface area (Å²) in [5.41, 5.74) is -0.574. The van der Waals surface area contributed by atoms with Crippen LogP contribution >= 0.6 is 0 Å². The minimum absolute atomic E-state index is 0.00868. The number of rotatable bonds is 7. The maximum Gasteiger partial charge on any atom is 0.342 e. The first-order valence-electron chi connectivity index (χ1n) is 6.44. The van der Waals surface area contributed by atoms with Gasteiger partial charge in [0.15, 0.2) is 0 Å². The molecule has 1 aromatic rings. The molecule has 114 valence electrons. The number of amides is 1. The number of hydrogen-bond acceptors (Lipinski definition) is 5. The van der Waals surface area contributed by atoms with Gasteiger partial charge in [-0.2, -0.15) is 0 Å². The van der Waals surface area contributed by atoms with Crippen LogP contribution in [0.3, 0.4) is 0 Å². The second-order valence-electron chi connectivity index (χ2n) is 4.21. The van der Waals surface area contributed by atoms with Gasteiger partial charge in [0.25, 0.3) is 5.69 Å². The SMILES string of the molecule is CCN(CC)C(=O)CNc1ccc(C(=O)O)c([N+](=O)[O-])c1. The quantitative estimate of drug-likeness (QED) is 0.583. The average molecular weight is 295 g/mol. The topological polar surface area (TPSA) is 113 Å². The lowest BCUT2D eigenvalue weighted by atomic mass is 10.1. The number of nitro groups is 1. The minimum Gasteiger partial charge on any atom is -0.477 e. The maximum atomic E-state index is 11.8. The van der Waals surface area contributed by atoms with E-state index in [0.29, 0.717) is 18.8 Å². The van der Waals surface area contributed by atoms with Crippen LogP contribution in [-0.4, -0.2) is 46.4 Å².